The number of rotatable bonds is 5. The van der Waals surface area contributed by atoms with Crippen molar-refractivity contribution in [2.24, 2.45) is 5.92 Å². The van der Waals surface area contributed by atoms with Crippen molar-refractivity contribution >= 4 is 15.9 Å². The van der Waals surface area contributed by atoms with Crippen LogP contribution >= 0.6 is 15.9 Å². The third kappa shape index (κ3) is 3.27. The molecule has 1 N–H and O–H groups in total. The van der Waals surface area contributed by atoms with Crippen LogP contribution in [0.2, 0.25) is 0 Å². The van der Waals surface area contributed by atoms with Gasteiger partial charge in [0.2, 0.25) is 0 Å². The molecule has 0 saturated carbocycles. The fraction of sp³-hybridized carbons (Fsp3) is 0.600. The van der Waals surface area contributed by atoms with Crippen molar-refractivity contribution in [2.75, 3.05) is 6.61 Å². The molecule has 2 rings (SSSR count). The highest BCUT2D eigenvalue weighted by atomic mass is 79.9. The maximum Gasteiger partial charge on any atom is 0.125 e. The average Bonchev–Trinajstić information content (AvgIpc) is 2.76. The molecule has 18 heavy (non-hydrogen) atoms. The van der Waals surface area contributed by atoms with Crippen molar-refractivity contribution in [3.63, 3.8) is 0 Å². The van der Waals surface area contributed by atoms with Crippen LogP contribution < -0.4 is 4.74 Å². The molecule has 1 aromatic carbocycles. The fourth-order valence-corrected chi connectivity index (χ4v) is 3.02. The number of fused-ring (bicyclic) bond motifs is 1. The van der Waals surface area contributed by atoms with E-state index in [0.29, 0.717) is 12.3 Å². The van der Waals surface area contributed by atoms with Gasteiger partial charge in [-0.1, -0.05) is 36.2 Å². The Kier molecular flexibility index (Phi) is 4.68. The van der Waals surface area contributed by atoms with E-state index in [4.69, 9.17) is 4.74 Å². The Morgan fingerprint density at radius 1 is 1.44 bits per heavy atom. The largest absolute Gasteiger partial charge is 0.493 e. The third-order valence-electron chi connectivity index (χ3n) is 3.65. The van der Waals surface area contributed by atoms with E-state index in [1.54, 1.807) is 0 Å². The number of hydrogen-bond donors (Lipinski definition) is 1. The number of hydrogen-bond acceptors (Lipinski definition) is 2. The zero-order chi connectivity index (χ0) is 13.1. The van der Waals surface area contributed by atoms with E-state index in [1.807, 2.05) is 0 Å². The summed E-state index contributed by atoms with van der Waals surface area (Å²) in [6.07, 6.45) is 3.36. The van der Waals surface area contributed by atoms with E-state index in [2.05, 4.69) is 41.9 Å². The summed E-state index contributed by atoms with van der Waals surface area (Å²) in [6, 6.07) is 4.19. The molecule has 100 valence electrons. The molecule has 3 heteroatoms. The van der Waals surface area contributed by atoms with Gasteiger partial charge in [0.05, 0.1) is 12.7 Å². The summed E-state index contributed by atoms with van der Waals surface area (Å²) in [7, 11) is 0. The number of halogens is 1. The smallest absolute Gasteiger partial charge is 0.125 e. The minimum Gasteiger partial charge on any atom is -0.493 e. The van der Waals surface area contributed by atoms with Gasteiger partial charge < -0.3 is 9.84 Å². The minimum atomic E-state index is -0.275. The van der Waals surface area contributed by atoms with E-state index in [0.717, 1.165) is 41.7 Å². The van der Waals surface area contributed by atoms with Gasteiger partial charge in [-0.3, -0.25) is 0 Å². The molecule has 0 aliphatic carbocycles. The van der Waals surface area contributed by atoms with Crippen LogP contribution in [0.15, 0.2) is 16.6 Å². The summed E-state index contributed by atoms with van der Waals surface area (Å²) in [5.74, 6) is 1.57. The van der Waals surface area contributed by atoms with Crippen LogP contribution in [0.4, 0.5) is 0 Å². The number of aliphatic hydroxyl groups excluding tert-OH is 1. The molecular weight excluding hydrogens is 292 g/mol. The normalized spacial score (nSPS) is 17.1. The Bertz CT molecular complexity index is 417. The maximum absolute atomic E-state index is 10.2. The second-order valence-corrected chi connectivity index (χ2v) is 6.17. The Labute approximate surface area is 117 Å². The molecule has 0 spiro atoms. The Balaban J connectivity index is 2.09. The standard InChI is InChI=1S/C15H21BrO2/c1-3-10(2)6-14(17)9-12-8-13(16)7-11-4-5-18-15(11)12/h7-8,10,14,17H,3-6,9H2,1-2H3. The molecule has 1 aromatic rings. The predicted molar refractivity (Wildman–Crippen MR) is 77.1 cm³/mol. The van der Waals surface area contributed by atoms with Gasteiger partial charge in [-0.05, 0) is 35.6 Å². The van der Waals surface area contributed by atoms with Crippen molar-refractivity contribution in [3.8, 4) is 5.75 Å². The lowest BCUT2D eigenvalue weighted by Crippen LogP contribution is -2.15. The highest BCUT2D eigenvalue weighted by Crippen LogP contribution is 2.34. The average molecular weight is 313 g/mol. The number of aliphatic hydroxyl groups is 1. The van der Waals surface area contributed by atoms with Crippen molar-refractivity contribution in [1.29, 1.82) is 0 Å². The molecule has 2 nitrogen and oxygen atoms in total. The first-order chi connectivity index (χ1) is 8.60. The first kappa shape index (κ1) is 13.9. The van der Waals surface area contributed by atoms with Crippen molar-refractivity contribution in [1.82, 2.24) is 0 Å². The number of ether oxygens (including phenoxy) is 1. The summed E-state index contributed by atoms with van der Waals surface area (Å²) in [4.78, 5) is 0. The first-order valence-electron chi connectivity index (χ1n) is 6.72. The first-order valence-corrected chi connectivity index (χ1v) is 7.51. The summed E-state index contributed by atoms with van der Waals surface area (Å²) in [5.41, 5.74) is 2.39. The van der Waals surface area contributed by atoms with Crippen LogP contribution in [0.3, 0.4) is 0 Å². The van der Waals surface area contributed by atoms with Crippen LogP contribution in [0, 0.1) is 5.92 Å². The number of benzene rings is 1. The lowest BCUT2D eigenvalue weighted by Gasteiger charge is -2.16. The molecule has 0 radical (unpaired) electrons. The summed E-state index contributed by atoms with van der Waals surface area (Å²) < 4.78 is 6.77. The topological polar surface area (TPSA) is 29.5 Å². The highest BCUT2D eigenvalue weighted by molar-refractivity contribution is 9.10. The Hall–Kier alpha value is -0.540. The van der Waals surface area contributed by atoms with Gasteiger partial charge in [0.1, 0.15) is 5.75 Å². The zero-order valence-electron chi connectivity index (χ0n) is 11.1. The highest BCUT2D eigenvalue weighted by Gasteiger charge is 2.20. The van der Waals surface area contributed by atoms with Crippen LogP contribution in [0.25, 0.3) is 0 Å². The van der Waals surface area contributed by atoms with Crippen LogP contribution in [0.1, 0.15) is 37.8 Å². The molecule has 0 saturated heterocycles. The maximum atomic E-state index is 10.2. The molecule has 1 heterocycles. The van der Waals surface area contributed by atoms with Crippen LogP contribution in [-0.2, 0) is 12.8 Å². The monoisotopic (exact) mass is 312 g/mol. The van der Waals surface area contributed by atoms with Gasteiger partial charge in [0, 0.05) is 17.3 Å². The van der Waals surface area contributed by atoms with Gasteiger partial charge in [-0.15, -0.1) is 0 Å². The van der Waals surface area contributed by atoms with Gasteiger partial charge in [-0.25, -0.2) is 0 Å². The summed E-state index contributed by atoms with van der Waals surface area (Å²) in [5, 5.41) is 10.2. The molecule has 0 aromatic heterocycles. The second kappa shape index (κ2) is 6.07. The lowest BCUT2D eigenvalue weighted by atomic mass is 9.95. The second-order valence-electron chi connectivity index (χ2n) is 5.26. The van der Waals surface area contributed by atoms with Gasteiger partial charge in [0.25, 0.3) is 0 Å². The molecule has 0 amide bonds. The molecule has 0 bridgehead atoms. The van der Waals surface area contributed by atoms with E-state index >= 15 is 0 Å². The lowest BCUT2D eigenvalue weighted by molar-refractivity contribution is 0.143. The molecule has 2 unspecified atom stereocenters. The SMILES string of the molecule is CCC(C)CC(O)Cc1cc(Br)cc2c1OCC2. The molecule has 1 aliphatic heterocycles. The van der Waals surface area contributed by atoms with E-state index in [1.165, 1.54) is 5.56 Å². The molecule has 2 atom stereocenters. The van der Waals surface area contributed by atoms with Crippen LogP contribution in [0.5, 0.6) is 5.75 Å². The van der Waals surface area contributed by atoms with E-state index < -0.39 is 0 Å². The zero-order valence-corrected chi connectivity index (χ0v) is 12.7. The minimum absolute atomic E-state index is 0.275. The Morgan fingerprint density at radius 2 is 2.22 bits per heavy atom. The van der Waals surface area contributed by atoms with Crippen molar-refractivity contribution in [2.45, 2.75) is 45.6 Å². The molecule has 0 fully saturated rings. The van der Waals surface area contributed by atoms with E-state index in [9.17, 15) is 5.11 Å². The molecule has 1 aliphatic rings. The van der Waals surface area contributed by atoms with Gasteiger partial charge in [0.15, 0.2) is 0 Å². The van der Waals surface area contributed by atoms with Crippen LogP contribution in [-0.4, -0.2) is 17.8 Å². The van der Waals surface area contributed by atoms with Gasteiger partial charge in [-0.2, -0.15) is 0 Å². The van der Waals surface area contributed by atoms with Gasteiger partial charge >= 0.3 is 0 Å². The summed E-state index contributed by atoms with van der Waals surface area (Å²) >= 11 is 3.53. The van der Waals surface area contributed by atoms with Crippen molar-refractivity contribution in [3.05, 3.63) is 27.7 Å². The quantitative estimate of drug-likeness (QED) is 0.897. The molecular formula is C15H21BrO2. The van der Waals surface area contributed by atoms with Crippen molar-refractivity contribution < 1.29 is 9.84 Å². The van der Waals surface area contributed by atoms with E-state index in [-0.39, 0.29) is 6.10 Å². The predicted octanol–water partition coefficient (Wildman–Crippen LogP) is 3.72. The fourth-order valence-electron chi connectivity index (χ4n) is 2.47. The Morgan fingerprint density at radius 3 is 2.94 bits per heavy atom. The summed E-state index contributed by atoms with van der Waals surface area (Å²) in [6.45, 7) is 5.11. The third-order valence-corrected chi connectivity index (χ3v) is 4.11.